The minimum absolute atomic E-state index is 0.167. The van der Waals surface area contributed by atoms with Crippen molar-refractivity contribution in [2.24, 2.45) is 0 Å². The van der Waals surface area contributed by atoms with Crippen LogP contribution in [0.4, 0.5) is 4.79 Å². The summed E-state index contributed by atoms with van der Waals surface area (Å²) in [6, 6.07) is 14.8. The molecule has 2 aromatic carbocycles. The van der Waals surface area contributed by atoms with E-state index in [1.807, 2.05) is 19.9 Å². The van der Waals surface area contributed by atoms with Crippen LogP contribution < -0.4 is 9.47 Å². The first-order valence-corrected chi connectivity index (χ1v) is 8.02. The van der Waals surface area contributed by atoms with E-state index in [1.54, 1.807) is 42.5 Å². The van der Waals surface area contributed by atoms with Crippen molar-refractivity contribution in [3.63, 3.8) is 0 Å². The number of benzene rings is 2. The van der Waals surface area contributed by atoms with Gasteiger partial charge in [-0.1, -0.05) is 38.1 Å². The molecule has 2 aromatic rings. The largest absolute Gasteiger partial charge is 0.513 e. The molecule has 0 heterocycles. The van der Waals surface area contributed by atoms with Gasteiger partial charge in [-0.2, -0.15) is 0 Å². The molecule has 6 nitrogen and oxygen atoms in total. The molecule has 0 atom stereocenters. The number of ketones is 1. The predicted octanol–water partition coefficient (Wildman–Crippen LogP) is 4.67. The molecule has 0 radical (unpaired) electrons. The van der Waals surface area contributed by atoms with E-state index < -0.39 is 12.1 Å². The Kier molecular flexibility index (Phi) is 11.6. The fourth-order valence-corrected chi connectivity index (χ4v) is 1.48. The van der Waals surface area contributed by atoms with E-state index in [2.05, 4.69) is 4.74 Å². The van der Waals surface area contributed by atoms with E-state index in [4.69, 9.17) is 9.47 Å². The van der Waals surface area contributed by atoms with Crippen LogP contribution in [-0.2, 0) is 9.53 Å². The van der Waals surface area contributed by atoms with Gasteiger partial charge in [-0.25, -0.2) is 9.59 Å². The van der Waals surface area contributed by atoms with Crippen molar-refractivity contribution in [1.29, 1.82) is 0 Å². The van der Waals surface area contributed by atoms with Gasteiger partial charge in [0.1, 0.15) is 17.3 Å². The number of rotatable bonds is 3. The molecule has 26 heavy (non-hydrogen) atoms. The SMILES string of the molecule is CC.CC(C)=O.COC(=O)Oc1cccc(OC(=O)c2ccccc2)c1. The molecule has 0 aliphatic rings. The zero-order valence-electron chi connectivity index (χ0n) is 15.6. The van der Waals surface area contributed by atoms with Gasteiger partial charge in [-0.05, 0) is 38.1 Å². The van der Waals surface area contributed by atoms with Crippen molar-refractivity contribution >= 4 is 17.9 Å². The number of Topliss-reactive ketones (excluding diaryl/α,β-unsaturated/α-hetero) is 1. The molecule has 0 saturated heterocycles. The molecule has 0 aliphatic heterocycles. The van der Waals surface area contributed by atoms with Crippen molar-refractivity contribution in [2.75, 3.05) is 7.11 Å². The van der Waals surface area contributed by atoms with Gasteiger partial charge in [0.15, 0.2) is 0 Å². The molecule has 2 rings (SSSR count). The molecular formula is C20H24O6. The number of carbonyl (C=O) groups excluding carboxylic acids is 3. The fourth-order valence-electron chi connectivity index (χ4n) is 1.48. The van der Waals surface area contributed by atoms with Gasteiger partial charge in [-0.3, -0.25) is 0 Å². The number of hydrogen-bond acceptors (Lipinski definition) is 6. The average molecular weight is 360 g/mol. The van der Waals surface area contributed by atoms with Crippen LogP contribution in [0.1, 0.15) is 38.1 Å². The van der Waals surface area contributed by atoms with Crippen molar-refractivity contribution in [3.8, 4) is 11.5 Å². The van der Waals surface area contributed by atoms with E-state index in [1.165, 1.54) is 27.0 Å². The average Bonchev–Trinajstić information content (AvgIpc) is 2.64. The first-order chi connectivity index (χ1) is 12.4. The zero-order valence-corrected chi connectivity index (χ0v) is 15.6. The summed E-state index contributed by atoms with van der Waals surface area (Å²) in [7, 11) is 1.21. The molecule has 0 aliphatic carbocycles. The monoisotopic (exact) mass is 360 g/mol. The Balaban J connectivity index is 0.000000920. The summed E-state index contributed by atoms with van der Waals surface area (Å²) in [6.45, 7) is 7.06. The number of carbonyl (C=O) groups is 3. The highest BCUT2D eigenvalue weighted by atomic mass is 16.7. The summed E-state index contributed by atoms with van der Waals surface area (Å²) in [5.74, 6) is 0.191. The lowest BCUT2D eigenvalue weighted by Gasteiger charge is -2.06. The standard InChI is InChI=1S/C15H12O5.C3H6O.C2H6/c1-18-15(17)20-13-9-5-8-12(10-13)19-14(16)11-6-3-2-4-7-11;1-3(2)4;1-2/h2-10H,1H3;1-2H3;1-2H3. The van der Waals surface area contributed by atoms with Gasteiger partial charge in [0.05, 0.1) is 12.7 Å². The highest BCUT2D eigenvalue weighted by molar-refractivity contribution is 5.91. The smallest absolute Gasteiger partial charge is 0.437 e. The van der Waals surface area contributed by atoms with Crippen molar-refractivity contribution in [1.82, 2.24) is 0 Å². The van der Waals surface area contributed by atoms with Crippen LogP contribution in [0.2, 0.25) is 0 Å². The summed E-state index contributed by atoms with van der Waals surface area (Å²) in [5.41, 5.74) is 0.437. The maximum Gasteiger partial charge on any atom is 0.513 e. The number of hydrogen-bond donors (Lipinski definition) is 0. The molecule has 0 spiro atoms. The lowest BCUT2D eigenvalue weighted by Crippen LogP contribution is -2.09. The molecule has 0 bridgehead atoms. The molecule has 0 saturated carbocycles. The maximum absolute atomic E-state index is 11.8. The summed E-state index contributed by atoms with van der Waals surface area (Å²) in [4.78, 5) is 32.3. The Hall–Kier alpha value is -3.15. The number of methoxy groups -OCH3 is 1. The second-order valence-electron chi connectivity index (χ2n) is 4.69. The summed E-state index contributed by atoms with van der Waals surface area (Å²) < 4.78 is 14.4. The molecular weight excluding hydrogens is 336 g/mol. The third-order valence-electron chi connectivity index (χ3n) is 2.39. The highest BCUT2D eigenvalue weighted by Crippen LogP contribution is 2.20. The van der Waals surface area contributed by atoms with Crippen LogP contribution in [0.3, 0.4) is 0 Å². The second kappa shape index (κ2) is 13.2. The Morgan fingerprint density at radius 3 is 1.77 bits per heavy atom. The van der Waals surface area contributed by atoms with E-state index in [0.29, 0.717) is 5.56 Å². The Morgan fingerprint density at radius 1 is 0.769 bits per heavy atom. The fraction of sp³-hybridized carbons (Fsp3) is 0.250. The first-order valence-electron chi connectivity index (χ1n) is 8.02. The van der Waals surface area contributed by atoms with E-state index >= 15 is 0 Å². The van der Waals surface area contributed by atoms with Crippen LogP contribution in [0.25, 0.3) is 0 Å². The third kappa shape index (κ3) is 9.87. The van der Waals surface area contributed by atoms with Crippen molar-refractivity contribution in [3.05, 3.63) is 60.2 Å². The minimum Gasteiger partial charge on any atom is -0.437 e. The van der Waals surface area contributed by atoms with E-state index in [-0.39, 0.29) is 17.3 Å². The molecule has 140 valence electrons. The quantitative estimate of drug-likeness (QED) is 0.449. The second-order valence-corrected chi connectivity index (χ2v) is 4.69. The molecule has 0 fully saturated rings. The minimum atomic E-state index is -0.837. The van der Waals surface area contributed by atoms with Crippen LogP contribution in [0.15, 0.2) is 54.6 Å². The van der Waals surface area contributed by atoms with Gasteiger partial charge in [0.25, 0.3) is 0 Å². The summed E-state index contributed by atoms with van der Waals surface area (Å²) in [5, 5.41) is 0. The third-order valence-corrected chi connectivity index (χ3v) is 2.39. The van der Waals surface area contributed by atoms with Crippen molar-refractivity contribution in [2.45, 2.75) is 27.7 Å². The van der Waals surface area contributed by atoms with Crippen LogP contribution >= 0.6 is 0 Å². The van der Waals surface area contributed by atoms with E-state index in [0.717, 1.165) is 0 Å². The topological polar surface area (TPSA) is 78.9 Å². The Labute approximate surface area is 153 Å². The van der Waals surface area contributed by atoms with Gasteiger partial charge < -0.3 is 19.0 Å². The lowest BCUT2D eigenvalue weighted by atomic mass is 10.2. The molecule has 0 N–H and O–H groups in total. The van der Waals surface area contributed by atoms with Gasteiger partial charge >= 0.3 is 12.1 Å². The molecule has 0 unspecified atom stereocenters. The van der Waals surface area contributed by atoms with Gasteiger partial charge in [0.2, 0.25) is 0 Å². The number of ether oxygens (including phenoxy) is 3. The zero-order chi connectivity index (χ0) is 19.9. The van der Waals surface area contributed by atoms with Crippen molar-refractivity contribution < 1.29 is 28.6 Å². The lowest BCUT2D eigenvalue weighted by molar-refractivity contribution is -0.115. The predicted molar refractivity (Wildman–Crippen MR) is 98.6 cm³/mol. The maximum atomic E-state index is 11.8. The normalized spacial score (nSPS) is 8.65. The summed E-state index contributed by atoms with van der Waals surface area (Å²) >= 11 is 0. The Morgan fingerprint density at radius 2 is 1.27 bits per heavy atom. The van der Waals surface area contributed by atoms with Crippen LogP contribution in [0.5, 0.6) is 11.5 Å². The van der Waals surface area contributed by atoms with Crippen LogP contribution in [-0.4, -0.2) is 25.0 Å². The summed E-state index contributed by atoms with van der Waals surface area (Å²) in [6.07, 6.45) is -0.837. The van der Waals surface area contributed by atoms with E-state index in [9.17, 15) is 14.4 Å². The van der Waals surface area contributed by atoms with Crippen LogP contribution in [0, 0.1) is 0 Å². The highest BCUT2D eigenvalue weighted by Gasteiger charge is 2.09. The first kappa shape index (κ1) is 22.9. The molecule has 0 amide bonds. The van der Waals surface area contributed by atoms with Gasteiger partial charge in [0, 0.05) is 6.07 Å². The Bertz CT molecular complexity index is 690. The molecule has 0 aromatic heterocycles. The number of esters is 1. The van der Waals surface area contributed by atoms with Gasteiger partial charge in [-0.15, -0.1) is 0 Å². The molecule has 6 heteroatoms.